The van der Waals surface area contributed by atoms with E-state index in [-0.39, 0.29) is 48.3 Å². The lowest BCUT2D eigenvalue weighted by molar-refractivity contribution is -0.138. The van der Waals surface area contributed by atoms with Gasteiger partial charge >= 0.3 is 6.18 Å². The van der Waals surface area contributed by atoms with Gasteiger partial charge in [-0.15, -0.1) is 24.0 Å². The summed E-state index contributed by atoms with van der Waals surface area (Å²) in [4.78, 5) is 6.44. The minimum absolute atomic E-state index is 0. The maximum atomic E-state index is 13.3. The summed E-state index contributed by atoms with van der Waals surface area (Å²) in [5, 5.41) is 3.15. The van der Waals surface area contributed by atoms with Crippen molar-refractivity contribution in [3.63, 3.8) is 0 Å². The molecule has 0 aliphatic carbocycles. The van der Waals surface area contributed by atoms with E-state index in [0.29, 0.717) is 38.3 Å². The van der Waals surface area contributed by atoms with Crippen LogP contribution in [0, 0.1) is 5.82 Å². The summed E-state index contributed by atoms with van der Waals surface area (Å²) in [5.74, 6) is -0.346. The molecule has 3 rings (SSSR count). The average Bonchev–Trinajstić information content (AvgIpc) is 2.76. The molecule has 2 saturated heterocycles. The molecule has 0 spiro atoms. The largest absolute Gasteiger partial charge is 0.416 e. The van der Waals surface area contributed by atoms with Crippen molar-refractivity contribution in [2.75, 3.05) is 32.8 Å². The smallest absolute Gasteiger partial charge is 0.376 e. The SMILES string of the molecule is CCNC(=NCc1ccc(F)cc1C(F)(F)F)N1CCC(OCC2CCCCO2)CC1.I. The van der Waals surface area contributed by atoms with Gasteiger partial charge in [0.25, 0.3) is 0 Å². The highest BCUT2D eigenvalue weighted by atomic mass is 127. The number of benzene rings is 1. The Labute approximate surface area is 203 Å². The number of nitrogens with one attached hydrogen (secondary N) is 1. The third kappa shape index (κ3) is 8.02. The molecule has 0 aromatic heterocycles. The van der Waals surface area contributed by atoms with E-state index < -0.39 is 17.6 Å². The summed E-state index contributed by atoms with van der Waals surface area (Å²) >= 11 is 0. The van der Waals surface area contributed by atoms with Crippen molar-refractivity contribution >= 4 is 29.9 Å². The molecule has 1 atom stereocenters. The Morgan fingerprint density at radius 1 is 1.22 bits per heavy atom. The molecule has 1 unspecified atom stereocenters. The van der Waals surface area contributed by atoms with E-state index in [4.69, 9.17) is 9.47 Å². The van der Waals surface area contributed by atoms with Crippen LogP contribution in [0.15, 0.2) is 23.2 Å². The van der Waals surface area contributed by atoms with Gasteiger partial charge in [-0.2, -0.15) is 13.2 Å². The molecular formula is C22H32F4IN3O2. The van der Waals surface area contributed by atoms with Crippen molar-refractivity contribution in [1.82, 2.24) is 10.2 Å². The first-order valence-corrected chi connectivity index (χ1v) is 11.0. The molecule has 182 valence electrons. The molecule has 10 heteroatoms. The van der Waals surface area contributed by atoms with Gasteiger partial charge < -0.3 is 19.7 Å². The number of guanidine groups is 1. The van der Waals surface area contributed by atoms with Crippen molar-refractivity contribution < 1.29 is 27.0 Å². The molecule has 2 aliphatic heterocycles. The number of aliphatic imine (C=N–C) groups is 1. The fourth-order valence-corrected chi connectivity index (χ4v) is 3.95. The summed E-state index contributed by atoms with van der Waals surface area (Å²) in [7, 11) is 0. The molecule has 1 aromatic carbocycles. The lowest BCUT2D eigenvalue weighted by atomic mass is 10.1. The third-order valence-corrected chi connectivity index (χ3v) is 5.64. The summed E-state index contributed by atoms with van der Waals surface area (Å²) in [6.45, 7) is 5.17. The molecule has 2 heterocycles. The summed E-state index contributed by atoms with van der Waals surface area (Å²) in [6, 6.07) is 2.71. The van der Waals surface area contributed by atoms with Gasteiger partial charge in [-0.25, -0.2) is 9.38 Å². The summed E-state index contributed by atoms with van der Waals surface area (Å²) < 4.78 is 64.8. The molecule has 5 nitrogen and oxygen atoms in total. The lowest BCUT2D eigenvalue weighted by Gasteiger charge is -2.35. The zero-order valence-electron chi connectivity index (χ0n) is 18.3. The van der Waals surface area contributed by atoms with Crippen molar-refractivity contribution in [2.45, 2.75) is 64.0 Å². The second-order valence-corrected chi connectivity index (χ2v) is 7.98. The number of halogens is 5. The monoisotopic (exact) mass is 573 g/mol. The Balaban J connectivity index is 0.00000363. The number of ether oxygens (including phenoxy) is 2. The first-order valence-electron chi connectivity index (χ1n) is 11.0. The van der Waals surface area contributed by atoms with Gasteiger partial charge in [0.05, 0.1) is 30.9 Å². The number of likely N-dealkylation sites (tertiary alicyclic amines) is 1. The molecule has 0 radical (unpaired) electrons. The highest BCUT2D eigenvalue weighted by Crippen LogP contribution is 2.33. The Morgan fingerprint density at radius 2 is 1.97 bits per heavy atom. The lowest BCUT2D eigenvalue weighted by Crippen LogP contribution is -2.47. The first kappa shape index (κ1) is 27.1. The van der Waals surface area contributed by atoms with E-state index in [1.165, 1.54) is 6.42 Å². The third-order valence-electron chi connectivity index (χ3n) is 5.64. The Bertz CT molecular complexity index is 734. The number of piperidine rings is 1. The van der Waals surface area contributed by atoms with Gasteiger partial charge in [0.15, 0.2) is 5.96 Å². The van der Waals surface area contributed by atoms with Crippen LogP contribution in [0.5, 0.6) is 0 Å². The van der Waals surface area contributed by atoms with E-state index >= 15 is 0 Å². The van der Waals surface area contributed by atoms with Crippen LogP contribution in [0.25, 0.3) is 0 Å². The van der Waals surface area contributed by atoms with E-state index in [1.807, 2.05) is 11.8 Å². The van der Waals surface area contributed by atoms with Crippen LogP contribution >= 0.6 is 24.0 Å². The minimum Gasteiger partial charge on any atom is -0.376 e. The molecule has 2 aliphatic rings. The van der Waals surface area contributed by atoms with Gasteiger partial charge in [-0.1, -0.05) is 6.07 Å². The van der Waals surface area contributed by atoms with Gasteiger partial charge in [-0.3, -0.25) is 0 Å². The van der Waals surface area contributed by atoms with Gasteiger partial charge in [0, 0.05) is 26.2 Å². The zero-order chi connectivity index (χ0) is 22.3. The molecule has 1 N–H and O–H groups in total. The molecule has 0 bridgehead atoms. The van der Waals surface area contributed by atoms with Crippen molar-refractivity contribution in [3.05, 3.63) is 35.1 Å². The number of hydrogen-bond acceptors (Lipinski definition) is 3. The van der Waals surface area contributed by atoms with Gasteiger partial charge in [0.2, 0.25) is 0 Å². The van der Waals surface area contributed by atoms with E-state index in [9.17, 15) is 17.6 Å². The van der Waals surface area contributed by atoms with Crippen molar-refractivity contribution in [2.24, 2.45) is 4.99 Å². The van der Waals surface area contributed by atoms with Crippen molar-refractivity contribution in [1.29, 1.82) is 0 Å². The molecule has 32 heavy (non-hydrogen) atoms. The topological polar surface area (TPSA) is 46.1 Å². The minimum atomic E-state index is -4.62. The number of nitrogens with zero attached hydrogens (tertiary/aromatic N) is 2. The summed E-state index contributed by atoms with van der Waals surface area (Å²) in [5.41, 5.74) is -1.03. The van der Waals surface area contributed by atoms with Crippen LogP contribution in [-0.2, 0) is 22.2 Å². The van der Waals surface area contributed by atoms with Crippen LogP contribution in [0.4, 0.5) is 17.6 Å². The predicted molar refractivity (Wildman–Crippen MR) is 126 cm³/mol. The highest BCUT2D eigenvalue weighted by molar-refractivity contribution is 14.0. The van der Waals surface area contributed by atoms with Crippen LogP contribution in [0.3, 0.4) is 0 Å². The van der Waals surface area contributed by atoms with E-state index in [2.05, 4.69) is 10.3 Å². The standard InChI is InChI=1S/C22H31F4N3O2.HI/c1-2-27-21(28-14-16-6-7-17(23)13-20(16)22(24,25)26)29-10-8-18(9-11-29)31-15-19-5-3-4-12-30-19;/h6-7,13,18-19H,2-5,8-12,14-15H2,1H3,(H,27,28);1H. The van der Waals surface area contributed by atoms with Gasteiger partial charge in [-0.05, 0) is 56.7 Å². The Hall–Kier alpha value is -1.14. The number of alkyl halides is 3. The van der Waals surface area contributed by atoms with E-state index in [0.717, 1.165) is 44.4 Å². The second-order valence-electron chi connectivity index (χ2n) is 7.98. The quantitative estimate of drug-likeness (QED) is 0.226. The molecular weight excluding hydrogens is 541 g/mol. The predicted octanol–water partition coefficient (Wildman–Crippen LogP) is 4.98. The molecule has 2 fully saturated rings. The van der Waals surface area contributed by atoms with Gasteiger partial charge in [0.1, 0.15) is 5.82 Å². The molecule has 1 aromatic rings. The fourth-order valence-electron chi connectivity index (χ4n) is 3.95. The van der Waals surface area contributed by atoms with Crippen LogP contribution in [0.1, 0.15) is 50.2 Å². The normalized spacial score (nSPS) is 20.7. The average molecular weight is 573 g/mol. The zero-order valence-corrected chi connectivity index (χ0v) is 20.6. The summed E-state index contributed by atoms with van der Waals surface area (Å²) in [6.07, 6.45) is 0.691. The Kier molecular flexibility index (Phi) is 11.0. The first-order chi connectivity index (χ1) is 14.9. The van der Waals surface area contributed by atoms with Crippen LogP contribution in [0.2, 0.25) is 0 Å². The van der Waals surface area contributed by atoms with Crippen LogP contribution < -0.4 is 5.32 Å². The molecule has 0 amide bonds. The Morgan fingerprint density at radius 3 is 2.59 bits per heavy atom. The highest BCUT2D eigenvalue weighted by Gasteiger charge is 2.33. The second kappa shape index (κ2) is 12.9. The molecule has 0 saturated carbocycles. The maximum Gasteiger partial charge on any atom is 0.416 e. The fraction of sp³-hybridized carbons (Fsp3) is 0.682. The maximum absolute atomic E-state index is 13.3. The van der Waals surface area contributed by atoms with E-state index in [1.54, 1.807) is 0 Å². The van der Waals surface area contributed by atoms with Crippen molar-refractivity contribution in [3.8, 4) is 0 Å². The van der Waals surface area contributed by atoms with Crippen LogP contribution in [-0.4, -0.2) is 55.9 Å². The number of hydrogen-bond donors (Lipinski definition) is 1. The number of rotatable bonds is 6.